The topological polar surface area (TPSA) is 49.8 Å². The number of hydrogen-bond acceptors (Lipinski definition) is 4. The third kappa shape index (κ3) is 2.21. The van der Waals surface area contributed by atoms with Crippen molar-refractivity contribution in [2.24, 2.45) is 0 Å². The lowest BCUT2D eigenvalue weighted by Gasteiger charge is -2.08. The van der Waals surface area contributed by atoms with Crippen LogP contribution in [0.5, 0.6) is 0 Å². The summed E-state index contributed by atoms with van der Waals surface area (Å²) in [5, 5.41) is 6.88. The lowest BCUT2D eigenvalue weighted by Crippen LogP contribution is -2.02. The minimum Gasteiger partial charge on any atom is -0.323 e. The average Bonchev–Trinajstić information content (AvgIpc) is 2.81. The van der Waals surface area contributed by atoms with Crippen LogP contribution < -0.4 is 10.6 Å². The lowest BCUT2D eigenvalue weighted by molar-refractivity contribution is 0.758. The number of rotatable bonds is 2. The van der Waals surface area contributed by atoms with Gasteiger partial charge < -0.3 is 10.6 Å². The fourth-order valence-electron chi connectivity index (χ4n) is 1.87. The molecule has 1 aliphatic rings. The predicted octanol–water partition coefficient (Wildman–Crippen LogP) is 3.24. The molecule has 0 radical (unpaired) electrons. The summed E-state index contributed by atoms with van der Waals surface area (Å²) < 4.78 is 0.961. The molecule has 18 heavy (non-hydrogen) atoms. The summed E-state index contributed by atoms with van der Waals surface area (Å²) in [6, 6.07) is 7.81. The van der Waals surface area contributed by atoms with E-state index in [1.165, 1.54) is 0 Å². The van der Waals surface area contributed by atoms with Crippen LogP contribution in [0.3, 0.4) is 0 Å². The van der Waals surface area contributed by atoms with Gasteiger partial charge in [0.1, 0.15) is 5.15 Å². The smallest absolute Gasteiger partial charge is 0.228 e. The maximum atomic E-state index is 6.14. The van der Waals surface area contributed by atoms with Crippen molar-refractivity contribution in [3.8, 4) is 0 Å². The zero-order valence-corrected chi connectivity index (χ0v) is 11.7. The Bertz CT molecular complexity index is 603. The van der Waals surface area contributed by atoms with Gasteiger partial charge in [-0.05, 0) is 28.1 Å². The number of para-hydroxylation sites is 1. The van der Waals surface area contributed by atoms with Crippen LogP contribution in [-0.4, -0.2) is 9.97 Å². The van der Waals surface area contributed by atoms with Crippen LogP contribution in [0.25, 0.3) is 0 Å². The number of halogens is 2. The Kier molecular flexibility index (Phi) is 3.20. The molecule has 0 saturated carbocycles. The predicted molar refractivity (Wildman–Crippen MR) is 75.0 cm³/mol. The van der Waals surface area contributed by atoms with Crippen molar-refractivity contribution in [1.82, 2.24) is 15.3 Å². The molecule has 4 nitrogen and oxygen atoms in total. The Morgan fingerprint density at radius 1 is 1.22 bits per heavy atom. The molecule has 0 fully saturated rings. The maximum Gasteiger partial charge on any atom is 0.228 e. The first-order valence-electron chi connectivity index (χ1n) is 5.51. The zero-order chi connectivity index (χ0) is 12.5. The molecule has 0 aliphatic carbocycles. The summed E-state index contributed by atoms with van der Waals surface area (Å²) in [6.45, 7) is 1.48. The highest BCUT2D eigenvalue weighted by molar-refractivity contribution is 9.10. The fourth-order valence-corrected chi connectivity index (χ4v) is 2.51. The summed E-state index contributed by atoms with van der Waals surface area (Å²) in [4.78, 5) is 8.72. The molecule has 0 bridgehead atoms. The highest BCUT2D eigenvalue weighted by atomic mass is 79.9. The first-order chi connectivity index (χ1) is 8.74. The number of aromatic nitrogens is 2. The van der Waals surface area contributed by atoms with Crippen molar-refractivity contribution in [2.45, 2.75) is 13.1 Å². The number of benzene rings is 1. The molecule has 2 aromatic rings. The van der Waals surface area contributed by atoms with Gasteiger partial charge in [-0.1, -0.05) is 23.7 Å². The van der Waals surface area contributed by atoms with Crippen molar-refractivity contribution >= 4 is 39.2 Å². The number of fused-ring (bicyclic) bond motifs is 1. The van der Waals surface area contributed by atoms with Gasteiger partial charge in [0.15, 0.2) is 0 Å². The van der Waals surface area contributed by atoms with Gasteiger partial charge >= 0.3 is 0 Å². The molecule has 92 valence electrons. The standard InChI is InChI=1S/C12H10BrClN4/c13-8-3-1-2-4-9(8)16-12-17-10-6-15-5-7(10)11(14)18-12/h1-4,15H,5-6H2,(H,16,17,18). The first kappa shape index (κ1) is 11.9. The third-order valence-corrected chi connectivity index (χ3v) is 3.76. The quantitative estimate of drug-likeness (QED) is 0.832. The van der Waals surface area contributed by atoms with E-state index >= 15 is 0 Å². The van der Waals surface area contributed by atoms with Crippen molar-refractivity contribution in [3.05, 3.63) is 45.1 Å². The SMILES string of the molecule is Clc1nc(Nc2ccccc2Br)nc2c1CNC2. The molecule has 0 saturated heterocycles. The van der Waals surface area contributed by atoms with Gasteiger partial charge in [-0.2, -0.15) is 0 Å². The normalized spacial score (nSPS) is 13.4. The van der Waals surface area contributed by atoms with Gasteiger partial charge in [-0.25, -0.2) is 9.97 Å². The van der Waals surface area contributed by atoms with E-state index < -0.39 is 0 Å². The molecule has 0 unspecified atom stereocenters. The molecule has 2 heterocycles. The van der Waals surface area contributed by atoms with Gasteiger partial charge in [0.25, 0.3) is 0 Å². The summed E-state index contributed by atoms with van der Waals surface area (Å²) >= 11 is 9.61. The van der Waals surface area contributed by atoms with Crippen LogP contribution >= 0.6 is 27.5 Å². The van der Waals surface area contributed by atoms with Gasteiger partial charge in [-0.3, -0.25) is 0 Å². The highest BCUT2D eigenvalue weighted by Gasteiger charge is 2.17. The summed E-state index contributed by atoms with van der Waals surface area (Å²) in [5.41, 5.74) is 2.87. The highest BCUT2D eigenvalue weighted by Crippen LogP contribution is 2.27. The monoisotopic (exact) mass is 324 g/mol. The van der Waals surface area contributed by atoms with Gasteiger partial charge in [0, 0.05) is 23.1 Å². The van der Waals surface area contributed by atoms with Gasteiger partial charge in [-0.15, -0.1) is 0 Å². The van der Waals surface area contributed by atoms with E-state index in [-0.39, 0.29) is 0 Å². The van der Waals surface area contributed by atoms with Crippen LogP contribution in [0.4, 0.5) is 11.6 Å². The largest absolute Gasteiger partial charge is 0.323 e. The minimum atomic E-state index is 0.513. The van der Waals surface area contributed by atoms with Crippen molar-refractivity contribution < 1.29 is 0 Å². The van der Waals surface area contributed by atoms with E-state index in [4.69, 9.17) is 11.6 Å². The average molecular weight is 326 g/mol. The molecule has 1 aliphatic heterocycles. The van der Waals surface area contributed by atoms with Crippen LogP contribution in [0.2, 0.25) is 5.15 Å². The maximum absolute atomic E-state index is 6.14. The van der Waals surface area contributed by atoms with Crippen molar-refractivity contribution in [3.63, 3.8) is 0 Å². The first-order valence-corrected chi connectivity index (χ1v) is 6.68. The van der Waals surface area contributed by atoms with Crippen LogP contribution in [-0.2, 0) is 13.1 Å². The van der Waals surface area contributed by atoms with Crippen LogP contribution in [0.15, 0.2) is 28.7 Å². The van der Waals surface area contributed by atoms with Crippen molar-refractivity contribution in [1.29, 1.82) is 0 Å². The zero-order valence-electron chi connectivity index (χ0n) is 9.37. The lowest BCUT2D eigenvalue weighted by atomic mass is 10.3. The van der Waals surface area contributed by atoms with E-state index in [1.807, 2.05) is 24.3 Å². The fraction of sp³-hybridized carbons (Fsp3) is 0.167. The van der Waals surface area contributed by atoms with E-state index in [1.54, 1.807) is 0 Å². The molecule has 0 spiro atoms. The number of nitrogens with one attached hydrogen (secondary N) is 2. The number of anilines is 2. The molecule has 1 aromatic carbocycles. The minimum absolute atomic E-state index is 0.513. The second-order valence-electron chi connectivity index (χ2n) is 3.97. The van der Waals surface area contributed by atoms with Gasteiger partial charge in [0.2, 0.25) is 5.95 Å². The van der Waals surface area contributed by atoms with Crippen molar-refractivity contribution in [2.75, 3.05) is 5.32 Å². The van der Waals surface area contributed by atoms with E-state index in [9.17, 15) is 0 Å². The molecule has 2 N–H and O–H groups in total. The Labute approximate surface area is 118 Å². The Balaban J connectivity index is 1.95. The Morgan fingerprint density at radius 2 is 2.06 bits per heavy atom. The second-order valence-corrected chi connectivity index (χ2v) is 5.18. The van der Waals surface area contributed by atoms with Gasteiger partial charge in [0.05, 0.1) is 11.4 Å². The molecule has 0 amide bonds. The third-order valence-electron chi connectivity index (χ3n) is 2.76. The van der Waals surface area contributed by atoms with Crippen LogP contribution in [0.1, 0.15) is 11.3 Å². The summed E-state index contributed by atoms with van der Waals surface area (Å²) in [5.74, 6) is 0.523. The molecule has 1 aromatic heterocycles. The molecular weight excluding hydrogens is 316 g/mol. The molecule has 6 heteroatoms. The Morgan fingerprint density at radius 3 is 2.89 bits per heavy atom. The molecule has 0 atom stereocenters. The van der Waals surface area contributed by atoms with Crippen LogP contribution in [0, 0.1) is 0 Å². The number of nitrogens with zero attached hydrogens (tertiary/aromatic N) is 2. The summed E-state index contributed by atoms with van der Waals surface area (Å²) in [7, 11) is 0. The van der Waals surface area contributed by atoms with E-state index in [0.29, 0.717) is 11.1 Å². The second kappa shape index (κ2) is 4.84. The molecule has 3 rings (SSSR count). The summed E-state index contributed by atoms with van der Waals surface area (Å²) in [6.07, 6.45) is 0. The van der Waals surface area contributed by atoms with E-state index in [0.717, 1.165) is 34.5 Å². The Hall–Kier alpha value is -1.17. The molecular formula is C12H10BrClN4. The number of hydrogen-bond donors (Lipinski definition) is 2. The van der Waals surface area contributed by atoms with E-state index in [2.05, 4.69) is 36.5 Å².